The lowest BCUT2D eigenvalue weighted by molar-refractivity contribution is -0.137. The fourth-order valence-electron chi connectivity index (χ4n) is 2.45. The van der Waals surface area contributed by atoms with Gasteiger partial charge in [-0.25, -0.2) is 18.4 Å². The third-order valence-corrected chi connectivity index (χ3v) is 5.60. The normalized spacial score (nSPS) is 12.0. The van der Waals surface area contributed by atoms with Crippen molar-refractivity contribution in [3.05, 3.63) is 71.1 Å². The van der Waals surface area contributed by atoms with Crippen LogP contribution in [0.2, 0.25) is 5.02 Å². The van der Waals surface area contributed by atoms with Crippen molar-refractivity contribution >= 4 is 27.3 Å². The molecule has 10 heteroatoms. The SMILES string of the molecule is Cc1nccc(-c2cccc(NS(=O)(=O)c3cc(C(F)(F)F)ccc3Cl)c2)n1. The maximum Gasteiger partial charge on any atom is 0.416 e. The highest BCUT2D eigenvalue weighted by Gasteiger charge is 2.32. The summed E-state index contributed by atoms with van der Waals surface area (Å²) in [5.41, 5.74) is 0.233. The van der Waals surface area contributed by atoms with Crippen LogP contribution in [0.3, 0.4) is 0 Å². The number of rotatable bonds is 4. The van der Waals surface area contributed by atoms with E-state index in [4.69, 9.17) is 11.6 Å². The molecule has 1 aromatic heterocycles. The van der Waals surface area contributed by atoms with E-state index in [9.17, 15) is 21.6 Å². The minimum atomic E-state index is -4.69. The molecule has 0 radical (unpaired) electrons. The molecule has 0 bridgehead atoms. The van der Waals surface area contributed by atoms with E-state index < -0.39 is 26.7 Å². The number of nitrogens with zero attached hydrogens (tertiary/aromatic N) is 2. The van der Waals surface area contributed by atoms with Gasteiger partial charge in [0.2, 0.25) is 0 Å². The fourth-order valence-corrected chi connectivity index (χ4v) is 4.03. The molecule has 5 nitrogen and oxygen atoms in total. The van der Waals surface area contributed by atoms with Crippen molar-refractivity contribution in [1.29, 1.82) is 0 Å². The monoisotopic (exact) mass is 427 g/mol. The summed E-state index contributed by atoms with van der Waals surface area (Å²) in [6.07, 6.45) is -3.13. The molecule has 2 aromatic carbocycles. The lowest BCUT2D eigenvalue weighted by atomic mass is 10.1. The first-order valence-corrected chi connectivity index (χ1v) is 9.72. The summed E-state index contributed by atoms with van der Waals surface area (Å²) in [6.45, 7) is 1.71. The Morgan fingerprint density at radius 1 is 1.07 bits per heavy atom. The highest BCUT2D eigenvalue weighted by Crippen LogP contribution is 2.34. The van der Waals surface area contributed by atoms with Crippen LogP contribution in [0.4, 0.5) is 18.9 Å². The summed E-state index contributed by atoms with van der Waals surface area (Å²) in [5.74, 6) is 0.541. The third kappa shape index (κ3) is 4.42. The Bertz CT molecular complexity index is 1130. The van der Waals surface area contributed by atoms with Gasteiger partial charge in [0.05, 0.1) is 16.3 Å². The van der Waals surface area contributed by atoms with Crippen molar-refractivity contribution < 1.29 is 21.6 Å². The van der Waals surface area contributed by atoms with Crippen molar-refractivity contribution in [2.24, 2.45) is 0 Å². The third-order valence-electron chi connectivity index (χ3n) is 3.73. The van der Waals surface area contributed by atoms with Gasteiger partial charge in [-0.05, 0) is 43.3 Å². The first kappa shape index (κ1) is 20.1. The molecule has 146 valence electrons. The largest absolute Gasteiger partial charge is 0.416 e. The van der Waals surface area contributed by atoms with Crippen LogP contribution in [0.1, 0.15) is 11.4 Å². The maximum atomic E-state index is 12.9. The predicted molar refractivity (Wildman–Crippen MR) is 99.5 cm³/mol. The number of nitrogens with one attached hydrogen (secondary N) is 1. The van der Waals surface area contributed by atoms with E-state index in [0.29, 0.717) is 23.1 Å². The van der Waals surface area contributed by atoms with Gasteiger partial charge in [-0.1, -0.05) is 23.7 Å². The first-order chi connectivity index (χ1) is 13.1. The van der Waals surface area contributed by atoms with E-state index in [1.165, 1.54) is 12.1 Å². The smallest absolute Gasteiger partial charge is 0.280 e. The molecule has 1 heterocycles. The lowest BCUT2D eigenvalue weighted by Crippen LogP contribution is -2.15. The summed E-state index contributed by atoms with van der Waals surface area (Å²) >= 11 is 5.84. The Balaban J connectivity index is 1.97. The van der Waals surface area contributed by atoms with Gasteiger partial charge in [0, 0.05) is 17.4 Å². The van der Waals surface area contributed by atoms with Crippen LogP contribution < -0.4 is 4.72 Å². The molecule has 0 saturated heterocycles. The molecular formula is C18H13ClF3N3O2S. The highest BCUT2D eigenvalue weighted by atomic mass is 35.5. The molecule has 3 rings (SSSR count). The summed E-state index contributed by atoms with van der Waals surface area (Å²) in [6, 6.07) is 10.1. The molecule has 0 aliphatic carbocycles. The van der Waals surface area contributed by atoms with Crippen LogP contribution >= 0.6 is 11.6 Å². The van der Waals surface area contributed by atoms with Gasteiger partial charge in [0.1, 0.15) is 10.7 Å². The molecule has 0 aliphatic heterocycles. The van der Waals surface area contributed by atoms with Gasteiger partial charge >= 0.3 is 6.18 Å². The van der Waals surface area contributed by atoms with E-state index >= 15 is 0 Å². The molecular weight excluding hydrogens is 415 g/mol. The molecule has 28 heavy (non-hydrogen) atoms. The average molecular weight is 428 g/mol. The van der Waals surface area contributed by atoms with Gasteiger partial charge < -0.3 is 0 Å². The summed E-state index contributed by atoms with van der Waals surface area (Å²) in [5, 5.41) is -0.317. The van der Waals surface area contributed by atoms with Crippen molar-refractivity contribution in [3.63, 3.8) is 0 Å². The molecule has 0 spiro atoms. The second-order valence-corrected chi connectivity index (χ2v) is 7.88. The lowest BCUT2D eigenvalue weighted by Gasteiger charge is -2.13. The van der Waals surface area contributed by atoms with E-state index in [1.54, 1.807) is 31.3 Å². The fraction of sp³-hybridized carbons (Fsp3) is 0.111. The molecule has 3 aromatic rings. The maximum absolute atomic E-state index is 12.9. The molecule has 0 atom stereocenters. The predicted octanol–water partition coefficient (Wildman–Crippen LogP) is 4.93. The zero-order chi connectivity index (χ0) is 20.5. The molecule has 0 fully saturated rings. The minimum Gasteiger partial charge on any atom is -0.280 e. The number of sulfonamides is 1. The quantitative estimate of drug-likeness (QED) is 0.641. The van der Waals surface area contributed by atoms with Gasteiger partial charge in [0.15, 0.2) is 0 Å². The van der Waals surface area contributed by atoms with Crippen LogP contribution in [0.25, 0.3) is 11.3 Å². The number of alkyl halides is 3. The second-order valence-electron chi connectivity index (χ2n) is 5.82. The molecule has 1 N–H and O–H groups in total. The van der Waals surface area contributed by atoms with E-state index in [2.05, 4.69) is 14.7 Å². The zero-order valence-electron chi connectivity index (χ0n) is 14.3. The standard InChI is InChI=1S/C18H13ClF3N3O2S/c1-11-23-8-7-16(24-11)12-3-2-4-14(9-12)25-28(26,27)17-10-13(18(20,21)22)5-6-15(17)19/h2-10,25H,1H3. The minimum absolute atomic E-state index is 0.155. The van der Waals surface area contributed by atoms with Gasteiger partial charge in [-0.2, -0.15) is 13.2 Å². The Labute approximate surface area is 164 Å². The van der Waals surface area contributed by atoms with Gasteiger partial charge in [-0.3, -0.25) is 4.72 Å². The van der Waals surface area contributed by atoms with E-state index in [-0.39, 0.29) is 10.7 Å². The Hall–Kier alpha value is -2.65. The van der Waals surface area contributed by atoms with Crippen molar-refractivity contribution in [1.82, 2.24) is 9.97 Å². The Morgan fingerprint density at radius 3 is 2.50 bits per heavy atom. The average Bonchev–Trinajstić information content (AvgIpc) is 2.61. The number of aryl methyl sites for hydroxylation is 1. The molecule has 0 aliphatic rings. The van der Waals surface area contributed by atoms with Crippen LogP contribution in [-0.4, -0.2) is 18.4 Å². The van der Waals surface area contributed by atoms with Gasteiger partial charge in [0.25, 0.3) is 10.0 Å². The molecule has 0 saturated carbocycles. The Kier molecular flexibility index (Phi) is 5.31. The van der Waals surface area contributed by atoms with Crippen molar-refractivity contribution in [2.45, 2.75) is 18.0 Å². The highest BCUT2D eigenvalue weighted by molar-refractivity contribution is 7.92. The molecule has 0 amide bonds. The molecule has 0 unspecified atom stereocenters. The van der Waals surface area contributed by atoms with Crippen LogP contribution in [0, 0.1) is 6.92 Å². The topological polar surface area (TPSA) is 72.0 Å². The van der Waals surface area contributed by atoms with Crippen molar-refractivity contribution in [2.75, 3.05) is 4.72 Å². The summed E-state index contributed by atoms with van der Waals surface area (Å²) < 4.78 is 66.2. The first-order valence-electron chi connectivity index (χ1n) is 7.86. The number of aromatic nitrogens is 2. The zero-order valence-corrected chi connectivity index (χ0v) is 15.9. The van der Waals surface area contributed by atoms with Crippen LogP contribution in [0.5, 0.6) is 0 Å². The van der Waals surface area contributed by atoms with Crippen molar-refractivity contribution in [3.8, 4) is 11.3 Å². The summed E-state index contributed by atoms with van der Waals surface area (Å²) in [7, 11) is -4.35. The van der Waals surface area contributed by atoms with Crippen LogP contribution in [-0.2, 0) is 16.2 Å². The van der Waals surface area contributed by atoms with E-state index in [1.807, 2.05) is 0 Å². The van der Waals surface area contributed by atoms with E-state index in [0.717, 1.165) is 12.1 Å². The second kappa shape index (κ2) is 7.40. The summed E-state index contributed by atoms with van der Waals surface area (Å²) in [4.78, 5) is 7.59. The number of halogens is 4. The Morgan fingerprint density at radius 2 is 1.82 bits per heavy atom. The number of benzene rings is 2. The number of hydrogen-bond donors (Lipinski definition) is 1. The van der Waals surface area contributed by atoms with Gasteiger partial charge in [-0.15, -0.1) is 0 Å². The number of hydrogen-bond acceptors (Lipinski definition) is 4. The van der Waals surface area contributed by atoms with Crippen LogP contribution in [0.15, 0.2) is 59.6 Å². The number of anilines is 1.